The first-order valence-corrected chi connectivity index (χ1v) is 7.63. The molecule has 2 heterocycles. The van der Waals surface area contributed by atoms with Crippen LogP contribution in [0, 0.1) is 11.8 Å². The van der Waals surface area contributed by atoms with E-state index in [9.17, 15) is 4.79 Å². The van der Waals surface area contributed by atoms with Crippen molar-refractivity contribution in [3.8, 4) is 0 Å². The van der Waals surface area contributed by atoms with Crippen molar-refractivity contribution < 1.29 is 9.53 Å². The van der Waals surface area contributed by atoms with Crippen molar-refractivity contribution in [2.75, 3.05) is 26.2 Å². The number of nitrogens with zero attached hydrogens (tertiary/aromatic N) is 1. The highest BCUT2D eigenvalue weighted by molar-refractivity contribution is 5.68. The molecule has 2 rings (SSSR count). The summed E-state index contributed by atoms with van der Waals surface area (Å²) in [4.78, 5) is 14.0. The van der Waals surface area contributed by atoms with E-state index in [-0.39, 0.29) is 11.7 Å². The first-order chi connectivity index (χ1) is 8.94. The molecule has 0 aromatic heterocycles. The van der Waals surface area contributed by atoms with Crippen molar-refractivity contribution in [1.82, 2.24) is 10.2 Å². The Balaban J connectivity index is 1.74. The number of hydrogen-bond acceptors (Lipinski definition) is 3. The second-order valence-electron chi connectivity index (χ2n) is 7.04. The number of nitrogens with one attached hydrogen (secondary N) is 1. The zero-order valence-electron chi connectivity index (χ0n) is 12.6. The van der Waals surface area contributed by atoms with Gasteiger partial charge in [-0.2, -0.15) is 0 Å². The number of piperidine rings is 1. The van der Waals surface area contributed by atoms with E-state index < -0.39 is 0 Å². The third kappa shape index (κ3) is 4.68. The molecule has 0 radical (unpaired) electrons. The van der Waals surface area contributed by atoms with Crippen LogP contribution in [0.15, 0.2) is 0 Å². The molecule has 4 heteroatoms. The highest BCUT2D eigenvalue weighted by Crippen LogP contribution is 2.25. The van der Waals surface area contributed by atoms with Gasteiger partial charge in [-0.25, -0.2) is 4.79 Å². The van der Waals surface area contributed by atoms with E-state index >= 15 is 0 Å². The van der Waals surface area contributed by atoms with Gasteiger partial charge in [-0.3, -0.25) is 0 Å². The molecule has 110 valence electrons. The Morgan fingerprint density at radius 2 is 1.95 bits per heavy atom. The summed E-state index contributed by atoms with van der Waals surface area (Å²) in [6, 6.07) is 0. The molecule has 1 N–H and O–H groups in total. The molecule has 1 atom stereocenters. The van der Waals surface area contributed by atoms with Crippen LogP contribution in [0.25, 0.3) is 0 Å². The molecule has 0 spiro atoms. The van der Waals surface area contributed by atoms with E-state index in [0.717, 1.165) is 25.4 Å². The minimum absolute atomic E-state index is 0.137. The van der Waals surface area contributed by atoms with Crippen LogP contribution in [-0.4, -0.2) is 42.8 Å². The summed E-state index contributed by atoms with van der Waals surface area (Å²) < 4.78 is 5.46. The Hall–Kier alpha value is -0.770. The van der Waals surface area contributed by atoms with Gasteiger partial charge in [-0.15, -0.1) is 0 Å². The van der Waals surface area contributed by atoms with Gasteiger partial charge in [0.2, 0.25) is 0 Å². The average Bonchev–Trinajstić information content (AvgIpc) is 2.25. The van der Waals surface area contributed by atoms with Crippen molar-refractivity contribution in [2.24, 2.45) is 11.8 Å². The first kappa shape index (κ1) is 14.6. The number of ether oxygens (including phenoxy) is 1. The zero-order valence-corrected chi connectivity index (χ0v) is 12.6. The molecule has 0 aliphatic carbocycles. The standard InChI is InChI=1S/C15H28N2O2/c1-15(2,3)19-14(18)17-8-4-5-12(11-17)6-7-13-9-16-10-13/h12-13,16H,4-11H2,1-3H3. The molecular formula is C15H28N2O2. The lowest BCUT2D eigenvalue weighted by atomic mass is 9.88. The van der Waals surface area contributed by atoms with Crippen LogP contribution in [0.5, 0.6) is 0 Å². The predicted molar refractivity (Wildman–Crippen MR) is 76.1 cm³/mol. The fourth-order valence-electron chi connectivity index (χ4n) is 2.82. The summed E-state index contributed by atoms with van der Waals surface area (Å²) in [5.74, 6) is 1.54. The van der Waals surface area contributed by atoms with E-state index in [1.54, 1.807) is 0 Å². The van der Waals surface area contributed by atoms with Crippen LogP contribution in [0.1, 0.15) is 46.5 Å². The lowest BCUT2D eigenvalue weighted by Crippen LogP contribution is -2.44. The molecule has 1 unspecified atom stereocenters. The monoisotopic (exact) mass is 268 g/mol. The second-order valence-corrected chi connectivity index (χ2v) is 7.04. The summed E-state index contributed by atoms with van der Waals surface area (Å²) >= 11 is 0. The topological polar surface area (TPSA) is 41.6 Å². The third-order valence-electron chi connectivity index (χ3n) is 4.02. The summed E-state index contributed by atoms with van der Waals surface area (Å²) in [5.41, 5.74) is -0.387. The Labute approximate surface area is 116 Å². The molecule has 0 aromatic rings. The number of rotatable bonds is 3. The van der Waals surface area contributed by atoms with Crippen LogP contribution in [-0.2, 0) is 4.74 Å². The molecule has 2 saturated heterocycles. The maximum absolute atomic E-state index is 12.1. The predicted octanol–water partition coefficient (Wildman–Crippen LogP) is 2.63. The maximum atomic E-state index is 12.1. The van der Waals surface area contributed by atoms with Crippen LogP contribution in [0.3, 0.4) is 0 Å². The summed E-state index contributed by atoms with van der Waals surface area (Å²) in [7, 11) is 0. The van der Waals surface area contributed by atoms with Crippen molar-refractivity contribution in [2.45, 2.75) is 52.1 Å². The molecule has 19 heavy (non-hydrogen) atoms. The molecule has 1 amide bonds. The first-order valence-electron chi connectivity index (χ1n) is 7.63. The lowest BCUT2D eigenvalue weighted by Gasteiger charge is -2.35. The van der Waals surface area contributed by atoms with Gasteiger partial charge in [0, 0.05) is 13.1 Å². The van der Waals surface area contributed by atoms with Gasteiger partial charge in [-0.05, 0) is 71.4 Å². The smallest absolute Gasteiger partial charge is 0.410 e. The van der Waals surface area contributed by atoms with E-state index in [0.29, 0.717) is 5.92 Å². The normalized spacial score (nSPS) is 25.0. The summed E-state index contributed by atoms with van der Waals surface area (Å²) in [6.45, 7) is 9.89. The zero-order chi connectivity index (χ0) is 13.9. The Bertz CT molecular complexity index is 308. The van der Waals surface area contributed by atoms with Crippen molar-refractivity contribution >= 4 is 6.09 Å². The Kier molecular flexibility index (Phi) is 4.71. The molecular weight excluding hydrogens is 240 g/mol. The van der Waals surface area contributed by atoms with Gasteiger partial charge in [0.15, 0.2) is 0 Å². The van der Waals surface area contributed by atoms with Crippen LogP contribution in [0.4, 0.5) is 4.79 Å². The largest absolute Gasteiger partial charge is 0.444 e. The van der Waals surface area contributed by atoms with Gasteiger partial charge >= 0.3 is 6.09 Å². The second kappa shape index (κ2) is 6.12. The van der Waals surface area contributed by atoms with Crippen LogP contribution < -0.4 is 5.32 Å². The summed E-state index contributed by atoms with van der Waals surface area (Å²) in [6.07, 6.45) is 4.81. The Morgan fingerprint density at radius 3 is 2.53 bits per heavy atom. The Morgan fingerprint density at radius 1 is 1.26 bits per heavy atom. The quantitative estimate of drug-likeness (QED) is 0.855. The number of carbonyl (C=O) groups is 1. The summed E-state index contributed by atoms with van der Waals surface area (Å²) in [5, 5.41) is 3.32. The number of likely N-dealkylation sites (tertiary alicyclic amines) is 1. The van der Waals surface area contributed by atoms with Crippen molar-refractivity contribution in [3.63, 3.8) is 0 Å². The molecule has 2 aliphatic rings. The van der Waals surface area contributed by atoms with Gasteiger partial charge in [-0.1, -0.05) is 0 Å². The maximum Gasteiger partial charge on any atom is 0.410 e. The molecule has 0 saturated carbocycles. The minimum Gasteiger partial charge on any atom is -0.444 e. The highest BCUT2D eigenvalue weighted by Gasteiger charge is 2.28. The fourth-order valence-corrected chi connectivity index (χ4v) is 2.82. The SMILES string of the molecule is CC(C)(C)OC(=O)N1CCCC(CCC2CNC2)C1. The van der Waals surface area contributed by atoms with Crippen molar-refractivity contribution in [1.29, 1.82) is 0 Å². The molecule has 0 aromatic carbocycles. The van der Waals surface area contributed by atoms with Crippen LogP contribution >= 0.6 is 0 Å². The van der Waals surface area contributed by atoms with Gasteiger partial charge in [0.1, 0.15) is 5.60 Å². The molecule has 0 bridgehead atoms. The average molecular weight is 268 g/mol. The highest BCUT2D eigenvalue weighted by atomic mass is 16.6. The number of carbonyl (C=O) groups excluding carboxylic acids is 1. The van der Waals surface area contributed by atoms with Gasteiger partial charge in [0.05, 0.1) is 0 Å². The molecule has 2 aliphatic heterocycles. The van der Waals surface area contributed by atoms with E-state index in [4.69, 9.17) is 4.74 Å². The minimum atomic E-state index is -0.387. The van der Waals surface area contributed by atoms with Crippen LogP contribution in [0.2, 0.25) is 0 Å². The van der Waals surface area contributed by atoms with E-state index in [1.807, 2.05) is 25.7 Å². The van der Waals surface area contributed by atoms with Crippen molar-refractivity contribution in [3.05, 3.63) is 0 Å². The molecule has 4 nitrogen and oxygen atoms in total. The number of amides is 1. The fraction of sp³-hybridized carbons (Fsp3) is 0.933. The third-order valence-corrected chi connectivity index (χ3v) is 4.02. The van der Waals surface area contributed by atoms with E-state index in [2.05, 4.69) is 5.32 Å². The van der Waals surface area contributed by atoms with Gasteiger partial charge < -0.3 is 15.0 Å². The molecule has 2 fully saturated rings. The van der Waals surface area contributed by atoms with E-state index in [1.165, 1.54) is 32.4 Å². The lowest BCUT2D eigenvalue weighted by molar-refractivity contribution is 0.0157. The van der Waals surface area contributed by atoms with Gasteiger partial charge in [0.25, 0.3) is 0 Å². The number of hydrogen-bond donors (Lipinski definition) is 1.